The second-order valence-corrected chi connectivity index (χ2v) is 6.47. The number of H-pyrrole nitrogens is 1. The Balaban J connectivity index is 1.94. The van der Waals surface area contributed by atoms with Crippen LogP contribution >= 0.6 is 0 Å². The third kappa shape index (κ3) is 3.40. The zero-order chi connectivity index (χ0) is 18.2. The van der Waals surface area contributed by atoms with Crippen molar-refractivity contribution in [2.24, 2.45) is 0 Å². The van der Waals surface area contributed by atoms with Gasteiger partial charge in [0.2, 0.25) is 0 Å². The fraction of sp³-hybridized carbons (Fsp3) is 0.625. The lowest BCUT2D eigenvalue weighted by atomic mass is 10.1. The van der Waals surface area contributed by atoms with Gasteiger partial charge in [0.1, 0.15) is 24.0 Å². The van der Waals surface area contributed by atoms with Gasteiger partial charge in [0.25, 0.3) is 5.56 Å². The minimum Gasteiger partial charge on any atom is -0.394 e. The Labute approximate surface area is 144 Å². The van der Waals surface area contributed by atoms with E-state index < -0.39 is 41.6 Å². The number of hydrogen-bond donors (Lipinski definition) is 3. The highest BCUT2D eigenvalue weighted by molar-refractivity contribution is 5.38. The molecule has 2 aliphatic heterocycles. The topological polar surface area (TPSA) is 115 Å². The number of rotatable bonds is 5. The van der Waals surface area contributed by atoms with E-state index in [0.717, 1.165) is 0 Å². The number of aromatic amines is 1. The van der Waals surface area contributed by atoms with Crippen molar-refractivity contribution in [2.45, 2.75) is 51.1 Å². The van der Waals surface area contributed by atoms with E-state index in [9.17, 15) is 14.7 Å². The molecule has 9 nitrogen and oxygen atoms in total. The summed E-state index contributed by atoms with van der Waals surface area (Å²) in [6.45, 7) is 5.57. The number of nitrogens with zero attached hydrogens (tertiary/aromatic N) is 1. The second kappa shape index (κ2) is 6.75. The molecule has 2 fully saturated rings. The summed E-state index contributed by atoms with van der Waals surface area (Å²) < 4.78 is 18.7. The van der Waals surface area contributed by atoms with Crippen LogP contribution in [0.15, 0.2) is 27.9 Å². The average molecular weight is 353 g/mol. The van der Waals surface area contributed by atoms with Crippen LogP contribution < -0.4 is 16.6 Å². The molecule has 2 unspecified atom stereocenters. The van der Waals surface area contributed by atoms with Crippen LogP contribution in [-0.2, 0) is 14.2 Å². The molecule has 0 aliphatic carbocycles. The van der Waals surface area contributed by atoms with Gasteiger partial charge in [-0.25, -0.2) is 4.79 Å². The van der Waals surface area contributed by atoms with Gasteiger partial charge in [-0.3, -0.25) is 14.3 Å². The molecule has 1 aromatic heterocycles. The van der Waals surface area contributed by atoms with Crippen molar-refractivity contribution < 1.29 is 19.3 Å². The monoisotopic (exact) mass is 353 g/mol. The predicted molar refractivity (Wildman–Crippen MR) is 89.4 cm³/mol. The van der Waals surface area contributed by atoms with Crippen molar-refractivity contribution >= 4 is 5.69 Å². The van der Waals surface area contributed by atoms with Gasteiger partial charge in [0.15, 0.2) is 12.0 Å². The van der Waals surface area contributed by atoms with E-state index in [1.54, 1.807) is 13.8 Å². The fourth-order valence-electron chi connectivity index (χ4n) is 3.12. The first-order valence-electron chi connectivity index (χ1n) is 8.18. The SMILES string of the molecule is C/C=C/CNc1cn([C@@H]2O[C@H](CO)C3OC(C)(C)OC32)c(=O)[nH]c1=O. The molecule has 25 heavy (non-hydrogen) atoms. The van der Waals surface area contributed by atoms with Gasteiger partial charge in [0, 0.05) is 12.7 Å². The standard InChI is InChI=1S/C16H23N3O6/c1-4-5-6-17-9-7-19(15(22)18-13(9)21)14-12-11(10(8-20)23-14)24-16(2,3)25-12/h4-5,7,10-12,14,17,20H,6,8H2,1-3H3,(H,18,21,22)/b5-4+/t10-,11?,12?,14-/m1/s1. The Morgan fingerprint density at radius 3 is 2.76 bits per heavy atom. The van der Waals surface area contributed by atoms with Crippen molar-refractivity contribution in [3.05, 3.63) is 39.2 Å². The van der Waals surface area contributed by atoms with Crippen LogP contribution in [0.4, 0.5) is 5.69 Å². The van der Waals surface area contributed by atoms with Crippen molar-refractivity contribution in [1.82, 2.24) is 9.55 Å². The van der Waals surface area contributed by atoms with E-state index >= 15 is 0 Å². The van der Waals surface area contributed by atoms with Crippen molar-refractivity contribution in [3.8, 4) is 0 Å². The summed E-state index contributed by atoms with van der Waals surface area (Å²) in [5.74, 6) is -0.844. The van der Waals surface area contributed by atoms with E-state index in [2.05, 4.69) is 10.3 Å². The van der Waals surface area contributed by atoms with E-state index in [1.165, 1.54) is 10.8 Å². The molecule has 0 amide bonds. The van der Waals surface area contributed by atoms with Crippen LogP contribution in [0.5, 0.6) is 0 Å². The first-order valence-corrected chi connectivity index (χ1v) is 8.18. The maximum atomic E-state index is 12.3. The smallest absolute Gasteiger partial charge is 0.330 e. The number of hydrogen-bond acceptors (Lipinski definition) is 7. The minimum atomic E-state index is -0.844. The summed E-state index contributed by atoms with van der Waals surface area (Å²) in [5, 5.41) is 12.5. The quantitative estimate of drug-likeness (QED) is 0.635. The number of ether oxygens (including phenoxy) is 3. The molecule has 0 spiro atoms. The molecule has 2 saturated heterocycles. The molecular formula is C16H23N3O6. The molecule has 9 heteroatoms. The van der Waals surface area contributed by atoms with Gasteiger partial charge in [-0.05, 0) is 20.8 Å². The number of aliphatic hydroxyl groups is 1. The molecule has 3 heterocycles. The molecule has 0 bridgehead atoms. The zero-order valence-electron chi connectivity index (χ0n) is 14.4. The van der Waals surface area contributed by atoms with E-state index in [0.29, 0.717) is 6.54 Å². The van der Waals surface area contributed by atoms with Crippen molar-refractivity contribution in [3.63, 3.8) is 0 Å². The molecule has 0 radical (unpaired) electrons. The van der Waals surface area contributed by atoms with E-state index in [4.69, 9.17) is 14.2 Å². The number of anilines is 1. The molecule has 4 atom stereocenters. The third-order valence-corrected chi connectivity index (χ3v) is 4.19. The Kier molecular flexibility index (Phi) is 4.83. The molecule has 138 valence electrons. The van der Waals surface area contributed by atoms with Crippen LogP contribution in [0.3, 0.4) is 0 Å². The summed E-state index contributed by atoms with van der Waals surface area (Å²) in [7, 11) is 0. The summed E-state index contributed by atoms with van der Waals surface area (Å²) in [5.41, 5.74) is -0.886. The first kappa shape index (κ1) is 17.9. The van der Waals surface area contributed by atoms with Gasteiger partial charge in [-0.15, -0.1) is 0 Å². The zero-order valence-corrected chi connectivity index (χ0v) is 14.4. The molecule has 1 aromatic rings. The number of fused-ring (bicyclic) bond motifs is 1. The number of aromatic nitrogens is 2. The molecule has 3 N–H and O–H groups in total. The third-order valence-electron chi connectivity index (χ3n) is 4.19. The summed E-state index contributed by atoms with van der Waals surface area (Å²) in [6.07, 6.45) is 2.60. The summed E-state index contributed by atoms with van der Waals surface area (Å²) in [6, 6.07) is 0. The Morgan fingerprint density at radius 1 is 1.36 bits per heavy atom. The van der Waals surface area contributed by atoms with Crippen LogP contribution in [0.25, 0.3) is 0 Å². The van der Waals surface area contributed by atoms with E-state index in [1.807, 2.05) is 19.1 Å². The summed E-state index contributed by atoms with van der Waals surface area (Å²) >= 11 is 0. The number of nitrogens with one attached hydrogen (secondary N) is 2. The average Bonchev–Trinajstić information content (AvgIpc) is 3.02. The Hall–Kier alpha value is -1.94. The molecule has 3 rings (SSSR count). The summed E-state index contributed by atoms with van der Waals surface area (Å²) in [4.78, 5) is 26.5. The molecule has 0 saturated carbocycles. The van der Waals surface area contributed by atoms with Crippen molar-refractivity contribution in [2.75, 3.05) is 18.5 Å². The highest BCUT2D eigenvalue weighted by Gasteiger charge is 2.55. The van der Waals surface area contributed by atoms with Crippen LogP contribution in [0.2, 0.25) is 0 Å². The lowest BCUT2D eigenvalue weighted by Crippen LogP contribution is -2.38. The van der Waals surface area contributed by atoms with Crippen LogP contribution in [0.1, 0.15) is 27.0 Å². The fourth-order valence-corrected chi connectivity index (χ4v) is 3.12. The molecular weight excluding hydrogens is 330 g/mol. The van der Waals surface area contributed by atoms with Crippen molar-refractivity contribution in [1.29, 1.82) is 0 Å². The van der Waals surface area contributed by atoms with Gasteiger partial charge < -0.3 is 24.6 Å². The Morgan fingerprint density at radius 2 is 2.08 bits per heavy atom. The molecule has 2 aliphatic rings. The first-order chi connectivity index (χ1) is 11.9. The number of allylic oxidation sites excluding steroid dienone is 1. The lowest BCUT2D eigenvalue weighted by molar-refractivity contribution is -0.200. The second-order valence-electron chi connectivity index (χ2n) is 6.47. The maximum Gasteiger partial charge on any atom is 0.330 e. The highest BCUT2D eigenvalue weighted by atomic mass is 16.8. The molecule has 0 aromatic carbocycles. The Bertz CT molecular complexity index is 768. The highest BCUT2D eigenvalue weighted by Crippen LogP contribution is 2.42. The largest absolute Gasteiger partial charge is 0.394 e. The van der Waals surface area contributed by atoms with Crippen LogP contribution in [-0.4, -0.2) is 51.9 Å². The van der Waals surface area contributed by atoms with Gasteiger partial charge in [-0.2, -0.15) is 0 Å². The minimum absolute atomic E-state index is 0.239. The van der Waals surface area contributed by atoms with Gasteiger partial charge in [0.05, 0.1) is 6.61 Å². The lowest BCUT2D eigenvalue weighted by Gasteiger charge is -2.24. The van der Waals surface area contributed by atoms with E-state index in [-0.39, 0.29) is 12.3 Å². The van der Waals surface area contributed by atoms with Gasteiger partial charge >= 0.3 is 5.69 Å². The predicted octanol–water partition coefficient (Wildman–Crippen LogP) is -0.0656. The van der Waals surface area contributed by atoms with Gasteiger partial charge in [-0.1, -0.05) is 12.2 Å². The number of aliphatic hydroxyl groups excluding tert-OH is 1. The maximum absolute atomic E-state index is 12.3. The van der Waals surface area contributed by atoms with Crippen LogP contribution in [0, 0.1) is 0 Å². The normalized spacial score (nSPS) is 30.7.